The van der Waals surface area contributed by atoms with Crippen molar-refractivity contribution < 1.29 is 20.4 Å². The molecular formula is C6H14ClNO4. The Morgan fingerprint density at radius 3 is 2.25 bits per heavy atom. The Balaban J connectivity index is 0.00000121. The zero-order chi connectivity index (χ0) is 8.43. The van der Waals surface area contributed by atoms with Crippen LogP contribution < -0.4 is 5.32 Å². The summed E-state index contributed by atoms with van der Waals surface area (Å²) in [6.07, 6.45) is -3.20. The van der Waals surface area contributed by atoms with E-state index in [1.807, 2.05) is 0 Å². The van der Waals surface area contributed by atoms with Crippen LogP contribution in [0.25, 0.3) is 0 Å². The van der Waals surface area contributed by atoms with Gasteiger partial charge in [-0.3, -0.25) is 0 Å². The van der Waals surface area contributed by atoms with Gasteiger partial charge in [-0.25, -0.2) is 0 Å². The van der Waals surface area contributed by atoms with E-state index in [1.165, 1.54) is 0 Å². The number of β-amino-alcohol motifs (C(OH)–C–C–N with tert-alkyl or cyclic N) is 1. The molecule has 5 nitrogen and oxygen atoms in total. The van der Waals surface area contributed by atoms with Crippen LogP contribution in [-0.2, 0) is 0 Å². The molecule has 74 valence electrons. The fourth-order valence-corrected chi connectivity index (χ4v) is 1.15. The van der Waals surface area contributed by atoms with Crippen LogP contribution in [0, 0.1) is 0 Å². The third-order valence-corrected chi connectivity index (χ3v) is 1.94. The second-order valence-electron chi connectivity index (χ2n) is 2.75. The largest absolute Gasteiger partial charge is 0.395 e. The van der Waals surface area contributed by atoms with Gasteiger partial charge >= 0.3 is 0 Å². The number of aliphatic hydroxyl groups is 4. The van der Waals surface area contributed by atoms with Crippen LogP contribution in [0.4, 0.5) is 0 Å². The maximum Gasteiger partial charge on any atom is 0.109 e. The van der Waals surface area contributed by atoms with Crippen molar-refractivity contribution in [3.05, 3.63) is 0 Å². The second-order valence-corrected chi connectivity index (χ2v) is 2.75. The molecule has 1 aliphatic heterocycles. The summed E-state index contributed by atoms with van der Waals surface area (Å²) >= 11 is 0. The van der Waals surface area contributed by atoms with Gasteiger partial charge in [0, 0.05) is 6.54 Å². The number of rotatable bonds is 1. The number of nitrogens with one attached hydrogen (secondary N) is 1. The van der Waals surface area contributed by atoms with Crippen molar-refractivity contribution in [3.8, 4) is 0 Å². The summed E-state index contributed by atoms with van der Waals surface area (Å²) in [6.45, 7) is -0.0472. The van der Waals surface area contributed by atoms with Gasteiger partial charge in [0.25, 0.3) is 0 Å². The highest BCUT2D eigenvalue weighted by atomic mass is 35.5. The minimum Gasteiger partial charge on any atom is -0.395 e. The Morgan fingerprint density at radius 1 is 1.17 bits per heavy atom. The molecule has 0 aromatic rings. The first kappa shape index (κ1) is 12.1. The second kappa shape index (κ2) is 4.96. The van der Waals surface area contributed by atoms with Crippen LogP contribution in [0.1, 0.15) is 0 Å². The summed E-state index contributed by atoms with van der Waals surface area (Å²) in [7, 11) is 0. The van der Waals surface area contributed by atoms with Gasteiger partial charge < -0.3 is 25.7 Å². The molecule has 0 aromatic heterocycles. The molecular weight excluding hydrogens is 186 g/mol. The van der Waals surface area contributed by atoms with Crippen LogP contribution in [0.15, 0.2) is 0 Å². The predicted octanol–water partition coefficient (Wildman–Crippen LogP) is -2.54. The molecule has 0 radical (unpaired) electrons. The first-order chi connectivity index (χ1) is 5.16. The van der Waals surface area contributed by atoms with Gasteiger partial charge in [0.05, 0.1) is 24.9 Å². The minimum atomic E-state index is -1.16. The molecule has 0 bridgehead atoms. The lowest BCUT2D eigenvalue weighted by Crippen LogP contribution is -2.60. The van der Waals surface area contributed by atoms with E-state index in [-0.39, 0.29) is 25.6 Å². The summed E-state index contributed by atoms with van der Waals surface area (Å²) in [6, 6.07) is -0.534. The maximum atomic E-state index is 9.18. The van der Waals surface area contributed by atoms with E-state index in [9.17, 15) is 5.11 Å². The van der Waals surface area contributed by atoms with E-state index in [1.54, 1.807) is 0 Å². The molecule has 6 heteroatoms. The molecule has 2 unspecified atom stereocenters. The van der Waals surface area contributed by atoms with E-state index < -0.39 is 24.4 Å². The monoisotopic (exact) mass is 199 g/mol. The molecule has 0 amide bonds. The van der Waals surface area contributed by atoms with Gasteiger partial charge in [0.1, 0.15) is 6.10 Å². The summed E-state index contributed by atoms with van der Waals surface area (Å²) in [5, 5.41) is 38.6. The van der Waals surface area contributed by atoms with E-state index >= 15 is 0 Å². The molecule has 0 aliphatic carbocycles. The van der Waals surface area contributed by atoms with Gasteiger partial charge in [-0.15, -0.1) is 12.4 Å². The highest BCUT2D eigenvalue weighted by molar-refractivity contribution is 5.85. The van der Waals surface area contributed by atoms with Crippen molar-refractivity contribution in [1.82, 2.24) is 5.32 Å². The fraction of sp³-hybridized carbons (Fsp3) is 1.00. The smallest absolute Gasteiger partial charge is 0.109 e. The van der Waals surface area contributed by atoms with Gasteiger partial charge in [0.2, 0.25) is 0 Å². The Hall–Kier alpha value is 0.0900. The van der Waals surface area contributed by atoms with Gasteiger partial charge in [-0.05, 0) is 0 Å². The highest BCUT2D eigenvalue weighted by Crippen LogP contribution is 2.09. The molecule has 0 aromatic carbocycles. The minimum absolute atomic E-state index is 0. The lowest BCUT2D eigenvalue weighted by atomic mass is 9.97. The van der Waals surface area contributed by atoms with Gasteiger partial charge in [-0.2, -0.15) is 0 Å². The standard InChI is InChI=1S/C6H13NO4.ClH/c8-2-3-5(10)6(11)4(9)1-7-3;/h3-11H,1-2H2;1H/t3?,4-,5-,6?;/m1./s1. The van der Waals surface area contributed by atoms with Gasteiger partial charge in [0.15, 0.2) is 0 Å². The lowest BCUT2D eigenvalue weighted by Gasteiger charge is -2.34. The highest BCUT2D eigenvalue weighted by Gasteiger charge is 2.35. The molecule has 1 saturated heterocycles. The molecule has 5 N–H and O–H groups in total. The normalized spacial score (nSPS) is 42.0. The van der Waals surface area contributed by atoms with Crippen molar-refractivity contribution in [3.63, 3.8) is 0 Å². The van der Waals surface area contributed by atoms with Crippen LogP contribution in [0.5, 0.6) is 0 Å². The molecule has 4 atom stereocenters. The topological polar surface area (TPSA) is 93.0 Å². The Labute approximate surface area is 76.4 Å². The van der Waals surface area contributed by atoms with E-state index in [2.05, 4.69) is 5.32 Å². The third-order valence-electron chi connectivity index (χ3n) is 1.94. The van der Waals surface area contributed by atoms with Crippen molar-refractivity contribution in [2.24, 2.45) is 0 Å². The maximum absolute atomic E-state index is 9.18. The zero-order valence-electron chi connectivity index (χ0n) is 6.42. The van der Waals surface area contributed by atoms with E-state index in [0.29, 0.717) is 0 Å². The van der Waals surface area contributed by atoms with Crippen molar-refractivity contribution in [1.29, 1.82) is 0 Å². The number of halogens is 1. The van der Waals surface area contributed by atoms with Crippen LogP contribution >= 0.6 is 12.4 Å². The Morgan fingerprint density at radius 2 is 1.75 bits per heavy atom. The Kier molecular flexibility index (Phi) is 5.00. The SMILES string of the molecule is Cl.OCC1NC[C@@H](O)C(O)[C@@H]1O. The van der Waals surface area contributed by atoms with E-state index in [4.69, 9.17) is 15.3 Å². The summed E-state index contributed by atoms with van der Waals surface area (Å²) in [4.78, 5) is 0. The molecule has 0 saturated carbocycles. The number of hydrogen-bond donors (Lipinski definition) is 5. The number of piperidine rings is 1. The average molecular weight is 200 g/mol. The zero-order valence-corrected chi connectivity index (χ0v) is 7.24. The van der Waals surface area contributed by atoms with Gasteiger partial charge in [-0.1, -0.05) is 0 Å². The molecule has 1 fully saturated rings. The number of aliphatic hydroxyl groups excluding tert-OH is 4. The molecule has 1 rings (SSSR count). The average Bonchev–Trinajstić information content (AvgIpc) is 2.01. The first-order valence-electron chi connectivity index (χ1n) is 3.55. The van der Waals surface area contributed by atoms with Crippen molar-refractivity contribution in [2.75, 3.05) is 13.2 Å². The lowest BCUT2D eigenvalue weighted by molar-refractivity contribution is -0.101. The molecule has 0 spiro atoms. The third kappa shape index (κ3) is 2.29. The van der Waals surface area contributed by atoms with Crippen molar-refractivity contribution >= 4 is 12.4 Å². The van der Waals surface area contributed by atoms with Crippen molar-refractivity contribution in [2.45, 2.75) is 24.4 Å². The summed E-state index contributed by atoms with van der Waals surface area (Å²) < 4.78 is 0. The van der Waals surface area contributed by atoms with Crippen LogP contribution in [-0.4, -0.2) is 57.9 Å². The predicted molar refractivity (Wildman–Crippen MR) is 44.1 cm³/mol. The Bertz CT molecular complexity index is 135. The quantitative estimate of drug-likeness (QED) is 0.321. The van der Waals surface area contributed by atoms with Crippen LogP contribution in [0.3, 0.4) is 0 Å². The summed E-state index contributed by atoms with van der Waals surface area (Å²) in [5.74, 6) is 0. The molecule has 12 heavy (non-hydrogen) atoms. The fourth-order valence-electron chi connectivity index (χ4n) is 1.15. The van der Waals surface area contributed by atoms with Crippen LogP contribution in [0.2, 0.25) is 0 Å². The van der Waals surface area contributed by atoms with E-state index in [0.717, 1.165) is 0 Å². The number of hydrogen-bond acceptors (Lipinski definition) is 5. The molecule has 1 aliphatic rings. The first-order valence-corrected chi connectivity index (χ1v) is 3.55. The summed E-state index contributed by atoms with van der Waals surface area (Å²) in [5.41, 5.74) is 0. The molecule has 1 heterocycles.